The second kappa shape index (κ2) is 8.21. The molecule has 4 nitrogen and oxygen atoms in total. The van der Waals surface area contributed by atoms with E-state index in [1.807, 2.05) is 6.07 Å². The van der Waals surface area contributed by atoms with E-state index in [9.17, 15) is 13.2 Å². The summed E-state index contributed by atoms with van der Waals surface area (Å²) in [4.78, 5) is 3.63. The molecule has 2 aromatic rings. The lowest BCUT2D eigenvalue weighted by Gasteiger charge is -2.06. The monoisotopic (exact) mass is 356 g/mol. The van der Waals surface area contributed by atoms with Crippen LogP contribution in [0.15, 0.2) is 58.5 Å². The number of azo groups is 1. The average Bonchev–Trinajstić information content (AvgIpc) is 2.63. The molecule has 0 saturated heterocycles. The lowest BCUT2D eigenvalue weighted by molar-refractivity contribution is -0.137. The minimum Gasteiger partial charge on any atom is -0.263 e. The Morgan fingerprint density at radius 3 is 2.54 bits per heavy atom. The Morgan fingerprint density at radius 1 is 1.15 bits per heavy atom. The Kier molecular flexibility index (Phi) is 6.02. The number of hydrogen-bond acceptors (Lipinski definition) is 4. The number of hydrogen-bond donors (Lipinski definition) is 0. The standard InChI is InChI=1S/C19H15F3N4/c1-13(10-23)18(26-24-2)16-5-3-4-14(8-16)6-7-15-9-17(12-25-11-15)19(20,21)22/h3-9,11-12H,1-2H3/b7-6+,18-13+,26-24-. The first kappa shape index (κ1) is 19.1. The maximum Gasteiger partial charge on any atom is 0.417 e. The number of benzene rings is 1. The number of halogens is 3. The zero-order valence-corrected chi connectivity index (χ0v) is 14.1. The summed E-state index contributed by atoms with van der Waals surface area (Å²) < 4.78 is 38.2. The summed E-state index contributed by atoms with van der Waals surface area (Å²) in [7, 11) is 1.51. The highest BCUT2D eigenvalue weighted by Gasteiger charge is 2.30. The van der Waals surface area contributed by atoms with Crippen LogP contribution in [-0.4, -0.2) is 12.0 Å². The summed E-state index contributed by atoms with van der Waals surface area (Å²) in [6.07, 6.45) is 0.921. The van der Waals surface area contributed by atoms with E-state index in [2.05, 4.69) is 15.2 Å². The Hall–Kier alpha value is -3.27. The molecule has 132 valence electrons. The third-order valence-electron chi connectivity index (χ3n) is 3.44. The van der Waals surface area contributed by atoms with E-state index in [-0.39, 0.29) is 0 Å². The molecule has 7 heteroatoms. The molecular weight excluding hydrogens is 341 g/mol. The molecule has 26 heavy (non-hydrogen) atoms. The molecule has 0 aliphatic rings. The topological polar surface area (TPSA) is 61.4 Å². The molecule has 0 amide bonds. The fraction of sp³-hybridized carbons (Fsp3) is 0.158. The lowest BCUT2D eigenvalue weighted by Crippen LogP contribution is -2.05. The summed E-state index contributed by atoms with van der Waals surface area (Å²) in [5, 5.41) is 16.8. The Balaban J connectivity index is 2.35. The Labute approximate surface area is 149 Å². The van der Waals surface area contributed by atoms with Crippen LogP contribution >= 0.6 is 0 Å². The van der Waals surface area contributed by atoms with Crippen LogP contribution in [0.25, 0.3) is 17.8 Å². The third kappa shape index (κ3) is 4.86. The van der Waals surface area contributed by atoms with E-state index in [1.54, 1.807) is 43.3 Å². The molecule has 0 aliphatic carbocycles. The van der Waals surface area contributed by atoms with E-state index in [1.165, 1.54) is 13.2 Å². The smallest absolute Gasteiger partial charge is 0.263 e. The predicted molar refractivity (Wildman–Crippen MR) is 93.6 cm³/mol. The van der Waals surface area contributed by atoms with Gasteiger partial charge >= 0.3 is 6.18 Å². The average molecular weight is 356 g/mol. The second-order valence-corrected chi connectivity index (χ2v) is 5.35. The fourth-order valence-electron chi connectivity index (χ4n) is 2.19. The highest BCUT2D eigenvalue weighted by atomic mass is 19.4. The molecule has 0 atom stereocenters. The predicted octanol–water partition coefficient (Wildman–Crippen LogP) is 5.61. The molecule has 0 saturated carbocycles. The van der Waals surface area contributed by atoms with Crippen LogP contribution in [0.2, 0.25) is 0 Å². The van der Waals surface area contributed by atoms with Crippen LogP contribution in [0.4, 0.5) is 13.2 Å². The van der Waals surface area contributed by atoms with Crippen LogP contribution in [0, 0.1) is 11.3 Å². The zero-order valence-electron chi connectivity index (χ0n) is 14.1. The number of rotatable bonds is 4. The van der Waals surface area contributed by atoms with Crippen molar-refractivity contribution in [1.29, 1.82) is 5.26 Å². The van der Waals surface area contributed by atoms with Crippen LogP contribution in [0.5, 0.6) is 0 Å². The van der Waals surface area contributed by atoms with Crippen LogP contribution < -0.4 is 0 Å². The number of nitriles is 1. The van der Waals surface area contributed by atoms with Crippen molar-refractivity contribution in [1.82, 2.24) is 4.98 Å². The van der Waals surface area contributed by atoms with Gasteiger partial charge in [-0.05, 0) is 30.2 Å². The van der Waals surface area contributed by atoms with Gasteiger partial charge in [0.25, 0.3) is 0 Å². The van der Waals surface area contributed by atoms with Crippen LogP contribution in [0.1, 0.15) is 29.2 Å². The van der Waals surface area contributed by atoms with E-state index in [4.69, 9.17) is 5.26 Å². The first-order valence-corrected chi connectivity index (χ1v) is 7.56. The molecule has 0 radical (unpaired) electrons. The van der Waals surface area contributed by atoms with Gasteiger partial charge < -0.3 is 0 Å². The van der Waals surface area contributed by atoms with Crippen molar-refractivity contribution in [3.63, 3.8) is 0 Å². The minimum atomic E-state index is -4.43. The molecule has 2 rings (SSSR count). The highest BCUT2D eigenvalue weighted by Crippen LogP contribution is 2.29. The molecular formula is C19H15F3N4. The molecule has 0 bridgehead atoms. The largest absolute Gasteiger partial charge is 0.417 e. The fourth-order valence-corrected chi connectivity index (χ4v) is 2.19. The van der Waals surface area contributed by atoms with E-state index >= 15 is 0 Å². The zero-order chi connectivity index (χ0) is 19.2. The first-order valence-electron chi connectivity index (χ1n) is 7.56. The van der Waals surface area contributed by atoms with Crippen LogP contribution in [0.3, 0.4) is 0 Å². The minimum absolute atomic E-state index is 0.336. The van der Waals surface area contributed by atoms with Crippen molar-refractivity contribution >= 4 is 17.8 Å². The van der Waals surface area contributed by atoms with Crippen LogP contribution in [-0.2, 0) is 6.18 Å². The molecule has 0 fully saturated rings. The van der Waals surface area contributed by atoms with Gasteiger partial charge in [0, 0.05) is 25.0 Å². The number of pyridine rings is 1. The van der Waals surface area contributed by atoms with Gasteiger partial charge in [-0.2, -0.15) is 28.7 Å². The van der Waals surface area contributed by atoms with Gasteiger partial charge in [0.1, 0.15) is 5.70 Å². The number of aromatic nitrogens is 1. The van der Waals surface area contributed by atoms with Gasteiger partial charge in [-0.1, -0.05) is 30.4 Å². The normalized spacial score (nSPS) is 13.1. The van der Waals surface area contributed by atoms with Gasteiger partial charge in [0.2, 0.25) is 0 Å². The maximum atomic E-state index is 12.7. The summed E-state index contributed by atoms with van der Waals surface area (Å²) >= 11 is 0. The van der Waals surface area contributed by atoms with Crippen molar-refractivity contribution in [3.8, 4) is 6.07 Å². The highest BCUT2D eigenvalue weighted by molar-refractivity contribution is 5.75. The van der Waals surface area contributed by atoms with Gasteiger partial charge in [-0.15, -0.1) is 0 Å². The molecule has 0 aliphatic heterocycles. The molecule has 1 aromatic carbocycles. The van der Waals surface area contributed by atoms with E-state index in [0.717, 1.165) is 17.8 Å². The number of nitrogens with zero attached hydrogens (tertiary/aromatic N) is 4. The summed E-state index contributed by atoms with van der Waals surface area (Å²) in [6.45, 7) is 1.64. The molecule has 0 spiro atoms. The SMILES string of the molecule is C/N=N\C(=C(/C)C#N)c1cccc(/C=C/c2cncc(C(F)(F)F)c2)c1. The van der Waals surface area contributed by atoms with Gasteiger partial charge in [-0.3, -0.25) is 4.98 Å². The van der Waals surface area contributed by atoms with Crippen molar-refractivity contribution in [2.75, 3.05) is 7.05 Å². The lowest BCUT2D eigenvalue weighted by atomic mass is 10.0. The van der Waals surface area contributed by atoms with Gasteiger partial charge in [0.15, 0.2) is 0 Å². The van der Waals surface area contributed by atoms with Crippen molar-refractivity contribution in [2.45, 2.75) is 13.1 Å². The van der Waals surface area contributed by atoms with Gasteiger partial charge in [0.05, 0.1) is 17.2 Å². The summed E-state index contributed by atoms with van der Waals surface area (Å²) in [5.74, 6) is 0. The van der Waals surface area contributed by atoms with E-state index < -0.39 is 11.7 Å². The maximum absolute atomic E-state index is 12.7. The number of allylic oxidation sites excluding steroid dienone is 1. The molecule has 1 heterocycles. The second-order valence-electron chi connectivity index (χ2n) is 5.35. The molecule has 0 N–H and O–H groups in total. The Bertz CT molecular complexity index is 919. The number of alkyl halides is 3. The van der Waals surface area contributed by atoms with E-state index in [0.29, 0.717) is 22.4 Å². The first-order chi connectivity index (χ1) is 12.3. The van der Waals surface area contributed by atoms with Crippen molar-refractivity contribution < 1.29 is 13.2 Å². The van der Waals surface area contributed by atoms with Crippen molar-refractivity contribution in [3.05, 3.63) is 70.6 Å². The molecule has 1 aromatic heterocycles. The summed E-state index contributed by atoms with van der Waals surface area (Å²) in [5.41, 5.74) is 1.84. The summed E-state index contributed by atoms with van der Waals surface area (Å²) in [6, 6.07) is 10.2. The third-order valence-corrected chi connectivity index (χ3v) is 3.44. The molecule has 0 unspecified atom stereocenters. The van der Waals surface area contributed by atoms with Crippen molar-refractivity contribution in [2.24, 2.45) is 10.2 Å². The Morgan fingerprint density at radius 2 is 1.88 bits per heavy atom. The quantitative estimate of drug-likeness (QED) is 0.528. The van der Waals surface area contributed by atoms with Gasteiger partial charge in [-0.25, -0.2) is 0 Å².